The van der Waals surface area contributed by atoms with Gasteiger partial charge in [0.1, 0.15) is 0 Å². The van der Waals surface area contributed by atoms with Crippen LogP contribution in [0, 0.1) is 0 Å². The molecule has 12 heavy (non-hydrogen) atoms. The van der Waals surface area contributed by atoms with Gasteiger partial charge in [0, 0.05) is 18.4 Å². The lowest BCUT2D eigenvalue weighted by molar-refractivity contribution is -0.137. The first-order valence-corrected chi connectivity index (χ1v) is 6.87. The van der Waals surface area contributed by atoms with Gasteiger partial charge in [0.2, 0.25) is 0 Å². The van der Waals surface area contributed by atoms with E-state index in [4.69, 9.17) is 5.11 Å². The van der Waals surface area contributed by atoms with Gasteiger partial charge in [0.25, 0.3) is 0 Å². The molecule has 4 nitrogen and oxygen atoms in total. The summed E-state index contributed by atoms with van der Waals surface area (Å²) in [7, 11) is -2.09. The first-order chi connectivity index (χ1) is 5.42. The Morgan fingerprint density at radius 1 is 1.42 bits per heavy atom. The van der Waals surface area contributed by atoms with Gasteiger partial charge in [-0.05, 0) is 23.6 Å². The number of unbranched alkanes of at least 4 members (excludes halogenated alkanes) is 1. The number of carboxylic acid groups (broad SMARTS) is 1. The summed E-state index contributed by atoms with van der Waals surface area (Å²) in [5.41, 5.74) is 0. The molecule has 0 radical (unpaired) electrons. The monoisotopic (exact) mass is 212 g/mol. The Hall–Kier alpha value is -0.230. The van der Waals surface area contributed by atoms with Crippen molar-refractivity contribution in [3.63, 3.8) is 0 Å². The summed E-state index contributed by atoms with van der Waals surface area (Å²) >= 11 is 0. The van der Waals surface area contributed by atoms with Gasteiger partial charge in [-0.25, -0.2) is 8.42 Å². The molecule has 0 aromatic carbocycles. The minimum absolute atomic E-state index is 0.115. The van der Waals surface area contributed by atoms with Crippen LogP contribution in [0.1, 0.15) is 19.3 Å². The highest BCUT2D eigenvalue weighted by Crippen LogP contribution is 2.12. The van der Waals surface area contributed by atoms with Crippen LogP contribution in [0.15, 0.2) is 0 Å². The molecule has 0 heterocycles. The predicted octanol–water partition coefficient (Wildman–Crippen LogP) is 0.934. The lowest BCUT2D eigenvalue weighted by Crippen LogP contribution is -1.95. The van der Waals surface area contributed by atoms with E-state index in [1.165, 1.54) is 0 Å². The zero-order chi connectivity index (χ0) is 9.61. The Labute approximate surface area is 75.7 Å². The third-order valence-electron chi connectivity index (χ3n) is 1.08. The van der Waals surface area contributed by atoms with E-state index in [0.717, 1.165) is 17.0 Å². The highest BCUT2D eigenvalue weighted by molar-refractivity contribution is 8.71. The molecule has 0 atom stereocenters. The van der Waals surface area contributed by atoms with Crippen molar-refractivity contribution in [2.24, 2.45) is 0 Å². The second-order valence-corrected chi connectivity index (χ2v) is 6.95. The summed E-state index contributed by atoms with van der Waals surface area (Å²) in [6, 6.07) is 0. The predicted molar refractivity (Wildman–Crippen MR) is 48.8 cm³/mol. The lowest BCUT2D eigenvalue weighted by Gasteiger charge is -1.96. The van der Waals surface area contributed by atoms with E-state index in [0.29, 0.717) is 18.6 Å². The SMILES string of the molecule is CS(=O)(=O)SCCCCC(=O)O. The molecule has 0 unspecified atom stereocenters. The second-order valence-electron chi connectivity index (χ2n) is 2.38. The van der Waals surface area contributed by atoms with Gasteiger partial charge in [0.05, 0.1) is 0 Å². The van der Waals surface area contributed by atoms with E-state index in [1.54, 1.807) is 0 Å². The summed E-state index contributed by atoms with van der Waals surface area (Å²) in [4.78, 5) is 10.0. The van der Waals surface area contributed by atoms with Crippen LogP contribution in [0.5, 0.6) is 0 Å². The van der Waals surface area contributed by atoms with Crippen molar-refractivity contribution >= 4 is 25.6 Å². The fourth-order valence-electron chi connectivity index (χ4n) is 0.589. The molecule has 0 rings (SSSR count). The molecular formula is C6H12O4S2. The molecule has 6 heteroatoms. The number of hydrogen-bond donors (Lipinski definition) is 1. The van der Waals surface area contributed by atoms with Crippen molar-refractivity contribution in [2.45, 2.75) is 19.3 Å². The van der Waals surface area contributed by atoms with Gasteiger partial charge in [0.15, 0.2) is 8.87 Å². The van der Waals surface area contributed by atoms with Crippen molar-refractivity contribution in [2.75, 3.05) is 12.0 Å². The molecule has 0 saturated carbocycles. The first-order valence-electron chi connectivity index (χ1n) is 3.48. The first kappa shape index (κ1) is 11.8. The third kappa shape index (κ3) is 9.77. The molecule has 0 aliphatic rings. The normalized spacial score (nSPS) is 11.4. The minimum atomic E-state index is -2.96. The summed E-state index contributed by atoms with van der Waals surface area (Å²) < 4.78 is 21.1. The maximum atomic E-state index is 10.6. The Bertz CT molecular complexity index is 232. The highest BCUT2D eigenvalue weighted by atomic mass is 33.1. The molecule has 72 valence electrons. The van der Waals surface area contributed by atoms with E-state index >= 15 is 0 Å². The minimum Gasteiger partial charge on any atom is -0.481 e. The lowest BCUT2D eigenvalue weighted by atomic mass is 10.3. The summed E-state index contributed by atoms with van der Waals surface area (Å²) in [5, 5.41) is 8.25. The van der Waals surface area contributed by atoms with Crippen LogP contribution in [-0.2, 0) is 13.7 Å². The van der Waals surface area contributed by atoms with Crippen molar-refractivity contribution < 1.29 is 18.3 Å². The summed E-state index contributed by atoms with van der Waals surface area (Å²) in [6.45, 7) is 0. The van der Waals surface area contributed by atoms with Gasteiger partial charge < -0.3 is 5.11 Å². The van der Waals surface area contributed by atoms with Gasteiger partial charge in [-0.1, -0.05) is 0 Å². The molecular weight excluding hydrogens is 200 g/mol. The van der Waals surface area contributed by atoms with Crippen LogP contribution in [0.4, 0.5) is 0 Å². The van der Waals surface area contributed by atoms with Gasteiger partial charge in [-0.2, -0.15) is 0 Å². The maximum Gasteiger partial charge on any atom is 0.303 e. The van der Waals surface area contributed by atoms with E-state index in [-0.39, 0.29) is 6.42 Å². The molecule has 0 spiro atoms. The molecule has 0 amide bonds. The molecule has 0 aromatic rings. The Balaban J connectivity index is 3.29. The van der Waals surface area contributed by atoms with Gasteiger partial charge in [-0.15, -0.1) is 0 Å². The van der Waals surface area contributed by atoms with E-state index < -0.39 is 14.8 Å². The zero-order valence-electron chi connectivity index (χ0n) is 6.82. The summed E-state index contributed by atoms with van der Waals surface area (Å²) in [5.74, 6) is -0.356. The number of carbonyl (C=O) groups is 1. The fraction of sp³-hybridized carbons (Fsp3) is 0.833. The van der Waals surface area contributed by atoms with Crippen LogP contribution in [0.25, 0.3) is 0 Å². The fourth-order valence-corrected chi connectivity index (χ4v) is 2.48. The Kier molecular flexibility index (Phi) is 5.32. The standard InChI is InChI=1S/C6H12O4S2/c1-12(9,10)11-5-3-2-4-6(7)8/h2-5H2,1H3,(H,7,8). The number of aliphatic carboxylic acids is 1. The van der Waals surface area contributed by atoms with Crippen molar-refractivity contribution in [3.8, 4) is 0 Å². The Morgan fingerprint density at radius 2 is 2.00 bits per heavy atom. The number of rotatable bonds is 6. The van der Waals surface area contributed by atoms with Crippen LogP contribution < -0.4 is 0 Å². The van der Waals surface area contributed by atoms with Crippen molar-refractivity contribution in [3.05, 3.63) is 0 Å². The van der Waals surface area contributed by atoms with Crippen molar-refractivity contribution in [1.29, 1.82) is 0 Å². The molecule has 0 saturated heterocycles. The zero-order valence-corrected chi connectivity index (χ0v) is 8.45. The van der Waals surface area contributed by atoms with Crippen LogP contribution in [0.2, 0.25) is 0 Å². The topological polar surface area (TPSA) is 71.4 Å². The molecule has 0 aliphatic carbocycles. The van der Waals surface area contributed by atoms with E-state index in [1.807, 2.05) is 0 Å². The largest absolute Gasteiger partial charge is 0.481 e. The third-order valence-corrected chi connectivity index (χ3v) is 3.75. The Morgan fingerprint density at radius 3 is 2.42 bits per heavy atom. The van der Waals surface area contributed by atoms with E-state index in [2.05, 4.69) is 0 Å². The number of hydrogen-bond acceptors (Lipinski definition) is 4. The molecule has 0 aliphatic heterocycles. The molecule has 0 aromatic heterocycles. The van der Waals surface area contributed by atoms with Gasteiger partial charge in [-0.3, -0.25) is 4.79 Å². The van der Waals surface area contributed by atoms with Gasteiger partial charge >= 0.3 is 5.97 Å². The molecule has 0 fully saturated rings. The van der Waals surface area contributed by atoms with Crippen LogP contribution in [-0.4, -0.2) is 31.5 Å². The number of carboxylic acids is 1. The van der Waals surface area contributed by atoms with Crippen LogP contribution >= 0.6 is 10.8 Å². The van der Waals surface area contributed by atoms with E-state index in [9.17, 15) is 13.2 Å². The quantitative estimate of drug-likeness (QED) is 0.524. The van der Waals surface area contributed by atoms with Crippen molar-refractivity contribution in [1.82, 2.24) is 0 Å². The molecule has 0 bridgehead atoms. The smallest absolute Gasteiger partial charge is 0.303 e. The second kappa shape index (κ2) is 5.42. The summed E-state index contributed by atoms with van der Waals surface area (Å²) in [6.07, 6.45) is 2.43. The van der Waals surface area contributed by atoms with Crippen LogP contribution in [0.3, 0.4) is 0 Å². The maximum absolute atomic E-state index is 10.6. The average molecular weight is 212 g/mol. The molecule has 1 N–H and O–H groups in total. The average Bonchev–Trinajstić information content (AvgIpc) is 1.83. The highest BCUT2D eigenvalue weighted by Gasteiger charge is 2.02.